The molecule has 6 heteroatoms. The maximum atomic E-state index is 5.90. The normalized spacial score (nSPS) is 11.0. The molecule has 0 radical (unpaired) electrons. The van der Waals surface area contributed by atoms with E-state index in [2.05, 4.69) is 26.1 Å². The Bertz CT molecular complexity index is 721. The number of hydrogen-bond donors (Lipinski definition) is 1. The molecule has 3 rings (SSSR count). The number of aromatic nitrogens is 3. The van der Waals surface area contributed by atoms with Gasteiger partial charge >= 0.3 is 0 Å². The van der Waals surface area contributed by atoms with Crippen LogP contribution in [0.3, 0.4) is 0 Å². The lowest BCUT2D eigenvalue weighted by Crippen LogP contribution is -1.94. The molecule has 0 aliphatic carbocycles. The molecule has 0 aliphatic heterocycles. The lowest BCUT2D eigenvalue weighted by Gasteiger charge is -2.02. The van der Waals surface area contributed by atoms with Crippen LogP contribution < -0.4 is 5.73 Å². The molecular formula is C12H8BrClN4. The van der Waals surface area contributed by atoms with Crippen LogP contribution in [0.25, 0.3) is 17.0 Å². The zero-order valence-electron chi connectivity index (χ0n) is 9.14. The van der Waals surface area contributed by atoms with E-state index in [4.69, 9.17) is 17.3 Å². The minimum atomic E-state index is 0.581. The zero-order valence-corrected chi connectivity index (χ0v) is 11.5. The van der Waals surface area contributed by atoms with E-state index in [9.17, 15) is 0 Å². The third kappa shape index (κ3) is 1.85. The Morgan fingerprint density at radius 3 is 2.61 bits per heavy atom. The Kier molecular flexibility index (Phi) is 2.72. The molecule has 1 aromatic carbocycles. The molecule has 0 unspecified atom stereocenters. The van der Waals surface area contributed by atoms with Crippen molar-refractivity contribution in [2.75, 3.05) is 5.73 Å². The molecule has 2 aromatic heterocycles. The highest BCUT2D eigenvalue weighted by Gasteiger charge is 2.10. The van der Waals surface area contributed by atoms with Gasteiger partial charge in [0.1, 0.15) is 0 Å². The second-order valence-electron chi connectivity index (χ2n) is 3.84. The number of hydrogen-bond acceptors (Lipinski definition) is 3. The first-order valence-corrected chi connectivity index (χ1v) is 6.38. The van der Waals surface area contributed by atoms with Crippen molar-refractivity contribution in [2.24, 2.45) is 0 Å². The van der Waals surface area contributed by atoms with Gasteiger partial charge in [-0.1, -0.05) is 11.6 Å². The number of fused-ring (bicyclic) bond motifs is 1. The van der Waals surface area contributed by atoms with Crippen molar-refractivity contribution in [1.29, 1.82) is 0 Å². The summed E-state index contributed by atoms with van der Waals surface area (Å²) in [6, 6.07) is 9.24. The molecule has 0 saturated carbocycles. The van der Waals surface area contributed by atoms with Gasteiger partial charge in [-0.3, -0.25) is 4.40 Å². The highest BCUT2D eigenvalue weighted by atomic mass is 79.9. The van der Waals surface area contributed by atoms with E-state index < -0.39 is 0 Å². The summed E-state index contributed by atoms with van der Waals surface area (Å²) in [6.45, 7) is 0. The Balaban J connectivity index is 2.27. The van der Waals surface area contributed by atoms with Crippen molar-refractivity contribution < 1.29 is 0 Å². The molecule has 0 spiro atoms. The monoisotopic (exact) mass is 322 g/mol. The summed E-state index contributed by atoms with van der Waals surface area (Å²) in [7, 11) is 0. The maximum absolute atomic E-state index is 5.90. The molecule has 0 saturated heterocycles. The van der Waals surface area contributed by atoms with Crippen molar-refractivity contribution in [3.63, 3.8) is 0 Å². The molecule has 0 amide bonds. The van der Waals surface area contributed by atoms with Crippen LogP contribution in [0.5, 0.6) is 0 Å². The molecule has 4 nitrogen and oxygen atoms in total. The van der Waals surface area contributed by atoms with Crippen LogP contribution in [0.2, 0.25) is 5.02 Å². The highest BCUT2D eigenvalue weighted by Crippen LogP contribution is 2.25. The third-order valence-corrected chi connectivity index (χ3v) is 3.29. The van der Waals surface area contributed by atoms with Gasteiger partial charge in [-0.2, -0.15) is 0 Å². The Labute approximate surface area is 117 Å². The highest BCUT2D eigenvalue weighted by molar-refractivity contribution is 9.10. The third-order valence-electron chi connectivity index (χ3n) is 2.60. The molecule has 0 bridgehead atoms. The summed E-state index contributed by atoms with van der Waals surface area (Å²) in [5, 5.41) is 8.95. The van der Waals surface area contributed by atoms with Crippen molar-refractivity contribution in [1.82, 2.24) is 14.6 Å². The first-order valence-electron chi connectivity index (χ1n) is 5.21. The van der Waals surface area contributed by atoms with Gasteiger partial charge in [0.05, 0.1) is 5.69 Å². The number of benzene rings is 1. The number of nitrogens with two attached hydrogens (primary N) is 1. The van der Waals surface area contributed by atoms with Gasteiger partial charge in [-0.15, -0.1) is 10.2 Å². The fourth-order valence-electron chi connectivity index (χ4n) is 1.78. The number of rotatable bonds is 1. The van der Waals surface area contributed by atoms with Crippen molar-refractivity contribution in [3.8, 4) is 11.4 Å². The Morgan fingerprint density at radius 1 is 1.17 bits per heavy atom. The standard InChI is InChI=1S/C12H8BrClN4/c13-8-5-10(15)12-17-16-11(18(12)6-8)7-1-3-9(14)4-2-7/h1-6H,15H2. The van der Waals surface area contributed by atoms with Crippen LogP contribution in [0, 0.1) is 0 Å². The maximum Gasteiger partial charge on any atom is 0.184 e. The lowest BCUT2D eigenvalue weighted by atomic mass is 10.2. The van der Waals surface area contributed by atoms with Gasteiger partial charge in [0.15, 0.2) is 11.5 Å². The summed E-state index contributed by atoms with van der Waals surface area (Å²) in [5.74, 6) is 0.731. The Hall–Kier alpha value is -1.59. The molecule has 0 atom stereocenters. The summed E-state index contributed by atoms with van der Waals surface area (Å²) < 4.78 is 2.73. The van der Waals surface area contributed by atoms with Crippen LogP contribution in [0.15, 0.2) is 41.0 Å². The SMILES string of the molecule is Nc1cc(Br)cn2c(-c3ccc(Cl)cc3)nnc12. The van der Waals surface area contributed by atoms with Crippen molar-refractivity contribution >= 4 is 38.9 Å². The zero-order chi connectivity index (χ0) is 12.7. The van der Waals surface area contributed by atoms with E-state index >= 15 is 0 Å². The molecule has 2 heterocycles. The number of pyridine rings is 1. The molecular weight excluding hydrogens is 316 g/mol. The van der Waals surface area contributed by atoms with Gasteiger partial charge in [0.2, 0.25) is 0 Å². The lowest BCUT2D eigenvalue weighted by molar-refractivity contribution is 1.11. The number of nitrogen functional groups attached to an aromatic ring is 1. The quantitative estimate of drug-likeness (QED) is 0.747. The van der Waals surface area contributed by atoms with Crippen LogP contribution in [-0.4, -0.2) is 14.6 Å². The van der Waals surface area contributed by atoms with Crippen LogP contribution in [0.4, 0.5) is 5.69 Å². The largest absolute Gasteiger partial charge is 0.396 e. The average Bonchev–Trinajstić information content (AvgIpc) is 2.74. The minimum absolute atomic E-state index is 0.581. The topological polar surface area (TPSA) is 56.2 Å². The smallest absolute Gasteiger partial charge is 0.184 e. The second kappa shape index (κ2) is 4.26. The van der Waals surface area contributed by atoms with Crippen LogP contribution in [-0.2, 0) is 0 Å². The van der Waals surface area contributed by atoms with E-state index in [1.165, 1.54) is 0 Å². The minimum Gasteiger partial charge on any atom is -0.396 e. The van der Waals surface area contributed by atoms with E-state index in [0.717, 1.165) is 15.9 Å². The molecule has 0 fully saturated rings. The molecule has 18 heavy (non-hydrogen) atoms. The van der Waals surface area contributed by atoms with E-state index in [1.807, 2.05) is 34.9 Å². The summed E-state index contributed by atoms with van der Waals surface area (Å²) in [4.78, 5) is 0. The van der Waals surface area contributed by atoms with Crippen molar-refractivity contribution in [3.05, 3.63) is 46.0 Å². The van der Waals surface area contributed by atoms with E-state index in [1.54, 1.807) is 6.07 Å². The fourth-order valence-corrected chi connectivity index (χ4v) is 2.36. The fraction of sp³-hybridized carbons (Fsp3) is 0. The molecule has 0 aliphatic rings. The summed E-state index contributed by atoms with van der Waals surface area (Å²) in [5.41, 5.74) is 8.06. The van der Waals surface area contributed by atoms with Crippen LogP contribution >= 0.6 is 27.5 Å². The molecule has 90 valence electrons. The van der Waals surface area contributed by atoms with Gasteiger partial charge in [-0.25, -0.2) is 0 Å². The first kappa shape index (κ1) is 11.5. The number of halogens is 2. The average molecular weight is 324 g/mol. The van der Waals surface area contributed by atoms with Crippen LogP contribution in [0.1, 0.15) is 0 Å². The Morgan fingerprint density at radius 2 is 1.89 bits per heavy atom. The second-order valence-corrected chi connectivity index (χ2v) is 5.19. The van der Waals surface area contributed by atoms with E-state index in [-0.39, 0.29) is 0 Å². The van der Waals surface area contributed by atoms with Gasteiger partial charge in [0.25, 0.3) is 0 Å². The van der Waals surface area contributed by atoms with Gasteiger partial charge < -0.3 is 5.73 Å². The first-order chi connectivity index (χ1) is 8.65. The predicted octanol–water partition coefficient (Wildman–Crippen LogP) is 3.39. The molecule has 3 aromatic rings. The number of nitrogens with zero attached hydrogens (tertiary/aromatic N) is 3. The number of anilines is 1. The van der Waals surface area contributed by atoms with Crippen molar-refractivity contribution in [2.45, 2.75) is 0 Å². The predicted molar refractivity (Wildman–Crippen MR) is 75.5 cm³/mol. The van der Waals surface area contributed by atoms with E-state index in [0.29, 0.717) is 16.4 Å². The molecule has 2 N–H and O–H groups in total. The van der Waals surface area contributed by atoms with Gasteiger partial charge in [-0.05, 0) is 46.3 Å². The van der Waals surface area contributed by atoms with Gasteiger partial charge in [0, 0.05) is 21.3 Å². The summed E-state index contributed by atoms with van der Waals surface area (Å²) >= 11 is 9.28. The summed E-state index contributed by atoms with van der Waals surface area (Å²) in [6.07, 6.45) is 1.88.